The van der Waals surface area contributed by atoms with Gasteiger partial charge in [0.25, 0.3) is 10.2 Å². The fraction of sp³-hybridized carbons (Fsp3) is 0.609. The second-order valence-corrected chi connectivity index (χ2v) is 11.2. The van der Waals surface area contributed by atoms with Crippen LogP contribution in [0.1, 0.15) is 31.2 Å². The summed E-state index contributed by atoms with van der Waals surface area (Å²) in [5, 5.41) is 11.7. The number of nitrogens with one attached hydrogen (secondary N) is 1. The molecule has 36 heavy (non-hydrogen) atoms. The SMILES string of the molecule is N#CC1CN(S(=O)(=O)N2CCC[C@H](C(=O)N3CCC[C@@H]3C(=O)NCc3cccc(OC(F)F)c3)C2)C1. The molecule has 13 heteroatoms. The average molecular weight is 526 g/mol. The Hall–Kier alpha value is -2.82. The molecule has 1 aromatic rings. The third kappa shape index (κ3) is 5.77. The van der Waals surface area contributed by atoms with E-state index in [1.165, 1.54) is 25.6 Å². The van der Waals surface area contributed by atoms with Crippen molar-refractivity contribution in [2.24, 2.45) is 11.8 Å². The van der Waals surface area contributed by atoms with Gasteiger partial charge in [0.15, 0.2) is 0 Å². The van der Waals surface area contributed by atoms with Crippen LogP contribution in [0.15, 0.2) is 24.3 Å². The Kier molecular flexibility index (Phi) is 8.07. The minimum atomic E-state index is -3.73. The summed E-state index contributed by atoms with van der Waals surface area (Å²) in [4.78, 5) is 27.8. The average Bonchev–Trinajstić information content (AvgIpc) is 3.31. The van der Waals surface area contributed by atoms with Crippen LogP contribution in [0.4, 0.5) is 8.78 Å². The van der Waals surface area contributed by atoms with Crippen molar-refractivity contribution in [3.05, 3.63) is 29.8 Å². The molecule has 0 spiro atoms. The maximum Gasteiger partial charge on any atom is 0.387 e. The van der Waals surface area contributed by atoms with Crippen molar-refractivity contribution in [1.82, 2.24) is 18.8 Å². The van der Waals surface area contributed by atoms with Crippen LogP contribution in [-0.2, 0) is 26.3 Å². The number of rotatable bonds is 8. The predicted octanol–water partition coefficient (Wildman–Crippen LogP) is 1.31. The predicted molar refractivity (Wildman–Crippen MR) is 124 cm³/mol. The van der Waals surface area contributed by atoms with E-state index in [9.17, 15) is 26.8 Å². The van der Waals surface area contributed by atoms with Crippen molar-refractivity contribution >= 4 is 22.0 Å². The van der Waals surface area contributed by atoms with Gasteiger partial charge < -0.3 is 15.0 Å². The number of carbonyl (C=O) groups excluding carboxylic acids is 2. The molecular weight excluding hydrogens is 496 g/mol. The normalized spacial score (nSPS) is 23.8. The molecule has 0 unspecified atom stereocenters. The fourth-order valence-electron chi connectivity index (χ4n) is 4.90. The molecule has 196 valence electrons. The number of ether oxygens (including phenoxy) is 1. The quantitative estimate of drug-likeness (QED) is 0.546. The van der Waals surface area contributed by atoms with Crippen LogP contribution in [-0.4, -0.2) is 79.1 Å². The third-order valence-corrected chi connectivity index (χ3v) is 8.78. The van der Waals surface area contributed by atoms with Crippen molar-refractivity contribution in [2.75, 3.05) is 32.7 Å². The number of likely N-dealkylation sites (tertiary alicyclic amines) is 1. The summed E-state index contributed by atoms with van der Waals surface area (Å²) in [6, 6.07) is 7.42. The van der Waals surface area contributed by atoms with Crippen molar-refractivity contribution < 1.29 is 31.5 Å². The number of amides is 2. The van der Waals surface area contributed by atoms with Gasteiger partial charge in [0, 0.05) is 39.3 Å². The number of carbonyl (C=O) groups is 2. The van der Waals surface area contributed by atoms with E-state index in [1.807, 2.05) is 0 Å². The molecule has 0 saturated carbocycles. The molecule has 4 rings (SSSR count). The number of hydrogen-bond donors (Lipinski definition) is 1. The van der Waals surface area contributed by atoms with Gasteiger partial charge in [0.05, 0.1) is 17.9 Å². The first-order chi connectivity index (χ1) is 17.2. The van der Waals surface area contributed by atoms with Gasteiger partial charge in [-0.1, -0.05) is 12.1 Å². The maximum atomic E-state index is 13.3. The first-order valence-corrected chi connectivity index (χ1v) is 13.4. The highest BCUT2D eigenvalue weighted by molar-refractivity contribution is 7.86. The zero-order valence-corrected chi connectivity index (χ0v) is 20.5. The molecule has 3 heterocycles. The monoisotopic (exact) mass is 525 g/mol. The second-order valence-electron chi connectivity index (χ2n) is 9.28. The lowest BCUT2D eigenvalue weighted by Crippen LogP contribution is -2.57. The van der Waals surface area contributed by atoms with Gasteiger partial charge in [-0.15, -0.1) is 0 Å². The topological polar surface area (TPSA) is 123 Å². The van der Waals surface area contributed by atoms with Crippen LogP contribution >= 0.6 is 0 Å². The second kappa shape index (κ2) is 11.1. The number of benzene rings is 1. The first kappa shape index (κ1) is 26.2. The van der Waals surface area contributed by atoms with Gasteiger partial charge in [-0.05, 0) is 43.4 Å². The van der Waals surface area contributed by atoms with Crippen LogP contribution in [0, 0.1) is 23.2 Å². The molecule has 0 aromatic heterocycles. The summed E-state index contributed by atoms with van der Waals surface area (Å²) in [5.41, 5.74) is 0.579. The molecule has 10 nitrogen and oxygen atoms in total. The molecule has 0 aliphatic carbocycles. The Labute approximate surface area is 209 Å². The third-order valence-electron chi connectivity index (χ3n) is 6.85. The molecule has 1 N–H and O–H groups in total. The van der Waals surface area contributed by atoms with Crippen LogP contribution in [0.5, 0.6) is 5.75 Å². The molecule has 1 aromatic carbocycles. The van der Waals surface area contributed by atoms with Gasteiger partial charge in [-0.25, -0.2) is 0 Å². The van der Waals surface area contributed by atoms with Crippen LogP contribution in [0.25, 0.3) is 0 Å². The summed E-state index contributed by atoms with van der Waals surface area (Å²) in [6.07, 6.45) is 2.21. The smallest absolute Gasteiger partial charge is 0.387 e. The van der Waals surface area contributed by atoms with E-state index >= 15 is 0 Å². The molecule has 3 aliphatic heterocycles. The number of piperidine rings is 1. The molecule has 3 saturated heterocycles. The van der Waals surface area contributed by atoms with E-state index in [2.05, 4.69) is 16.1 Å². The van der Waals surface area contributed by atoms with Crippen molar-refractivity contribution in [2.45, 2.75) is 44.9 Å². The fourth-order valence-corrected chi connectivity index (χ4v) is 6.69. The summed E-state index contributed by atoms with van der Waals surface area (Å²) < 4.78 is 57.6. The highest BCUT2D eigenvalue weighted by atomic mass is 32.2. The van der Waals surface area contributed by atoms with Gasteiger partial charge >= 0.3 is 6.61 Å². The summed E-state index contributed by atoms with van der Waals surface area (Å²) >= 11 is 0. The Morgan fingerprint density at radius 1 is 1.14 bits per heavy atom. The van der Waals surface area contributed by atoms with E-state index in [-0.39, 0.29) is 49.7 Å². The minimum absolute atomic E-state index is 0.00686. The molecule has 0 radical (unpaired) electrons. The van der Waals surface area contributed by atoms with E-state index in [0.717, 1.165) is 0 Å². The highest BCUT2D eigenvalue weighted by Crippen LogP contribution is 2.29. The molecule has 0 bridgehead atoms. The molecule has 2 amide bonds. The highest BCUT2D eigenvalue weighted by Gasteiger charge is 2.44. The summed E-state index contributed by atoms with van der Waals surface area (Å²) in [7, 11) is -3.73. The van der Waals surface area contributed by atoms with Crippen LogP contribution in [0.2, 0.25) is 0 Å². The number of alkyl halides is 2. The van der Waals surface area contributed by atoms with E-state index in [0.29, 0.717) is 44.3 Å². The summed E-state index contributed by atoms with van der Waals surface area (Å²) in [6.45, 7) is -1.74. The molecule has 3 aliphatic rings. The van der Waals surface area contributed by atoms with Crippen molar-refractivity contribution in [3.63, 3.8) is 0 Å². The largest absolute Gasteiger partial charge is 0.435 e. The van der Waals surface area contributed by atoms with E-state index in [1.54, 1.807) is 12.1 Å². The zero-order valence-electron chi connectivity index (χ0n) is 19.7. The van der Waals surface area contributed by atoms with Gasteiger partial charge in [-0.3, -0.25) is 9.59 Å². The number of hydrogen-bond acceptors (Lipinski definition) is 6. The Morgan fingerprint density at radius 2 is 1.89 bits per heavy atom. The maximum absolute atomic E-state index is 13.3. The lowest BCUT2D eigenvalue weighted by atomic mass is 9.97. The van der Waals surface area contributed by atoms with Gasteiger partial charge in [-0.2, -0.15) is 31.1 Å². The Bertz CT molecular complexity index is 1120. The zero-order chi connectivity index (χ0) is 25.9. The minimum Gasteiger partial charge on any atom is -0.435 e. The first-order valence-electron chi connectivity index (χ1n) is 12.0. The Morgan fingerprint density at radius 3 is 2.61 bits per heavy atom. The Balaban J connectivity index is 1.34. The number of nitrogens with zero attached hydrogens (tertiary/aromatic N) is 4. The van der Waals surface area contributed by atoms with Crippen LogP contribution in [0.3, 0.4) is 0 Å². The van der Waals surface area contributed by atoms with Gasteiger partial charge in [0.2, 0.25) is 11.8 Å². The van der Waals surface area contributed by atoms with Crippen molar-refractivity contribution in [1.29, 1.82) is 5.26 Å². The van der Waals surface area contributed by atoms with Crippen LogP contribution < -0.4 is 10.1 Å². The molecule has 2 atom stereocenters. The lowest BCUT2D eigenvalue weighted by molar-refractivity contribution is -0.142. The number of nitriles is 1. The van der Waals surface area contributed by atoms with Crippen molar-refractivity contribution in [3.8, 4) is 11.8 Å². The summed E-state index contributed by atoms with van der Waals surface area (Å²) in [5.74, 6) is -1.43. The van der Waals surface area contributed by atoms with E-state index < -0.39 is 28.8 Å². The lowest BCUT2D eigenvalue weighted by Gasteiger charge is -2.41. The number of halogens is 2. The van der Waals surface area contributed by atoms with E-state index in [4.69, 9.17) is 5.26 Å². The molecule has 3 fully saturated rings. The standard InChI is InChI=1S/C23H29F2N5O5S/c24-23(25)35-19-6-1-4-16(10-19)12-27-21(31)20-7-3-9-30(20)22(32)18-5-2-8-28(15-18)36(33,34)29-13-17(11-26)14-29/h1,4,6,10,17-18,20,23H,2-3,5,7-9,12-15H2,(H,27,31)/t18-,20+/m0/s1. The molecular formula is C23H29F2N5O5S. The van der Waals surface area contributed by atoms with Gasteiger partial charge in [0.1, 0.15) is 11.8 Å².